The summed E-state index contributed by atoms with van der Waals surface area (Å²) in [4.78, 5) is 13.8. The van der Waals surface area contributed by atoms with Gasteiger partial charge in [0.15, 0.2) is 0 Å². The lowest BCUT2D eigenvalue weighted by Crippen LogP contribution is -2.72. The Morgan fingerprint density at radius 1 is 0.929 bits per heavy atom. The monoisotopic (exact) mass is 386 g/mol. The highest BCUT2D eigenvalue weighted by molar-refractivity contribution is 5.78. The van der Waals surface area contributed by atoms with Gasteiger partial charge in [0.05, 0.1) is 5.41 Å². The van der Waals surface area contributed by atoms with Gasteiger partial charge in [0.1, 0.15) is 5.60 Å². The van der Waals surface area contributed by atoms with E-state index in [0.717, 1.165) is 41.9 Å². The summed E-state index contributed by atoms with van der Waals surface area (Å²) < 4.78 is 6.75. The summed E-state index contributed by atoms with van der Waals surface area (Å²) in [5, 5.41) is 0. The average molecular weight is 387 g/mol. The van der Waals surface area contributed by atoms with E-state index in [4.69, 9.17) is 4.74 Å². The molecule has 6 atom stereocenters. The van der Waals surface area contributed by atoms with Gasteiger partial charge in [-0.05, 0) is 105 Å². The lowest BCUT2D eigenvalue weighted by molar-refractivity contribution is -0.293. The first-order chi connectivity index (χ1) is 13.0. The van der Waals surface area contributed by atoms with Crippen LogP contribution in [0.2, 0.25) is 0 Å². The molecular weight excluding hydrogens is 344 g/mol. The van der Waals surface area contributed by atoms with Crippen molar-refractivity contribution in [3.63, 3.8) is 0 Å². The smallest absolute Gasteiger partial charge is 0.312 e. The molecule has 8 bridgehead atoms. The van der Waals surface area contributed by atoms with Gasteiger partial charge < -0.3 is 4.74 Å². The van der Waals surface area contributed by atoms with Gasteiger partial charge in [-0.1, -0.05) is 34.6 Å². The van der Waals surface area contributed by atoms with Crippen molar-refractivity contribution in [3.8, 4) is 0 Å². The van der Waals surface area contributed by atoms with Gasteiger partial charge in [0.2, 0.25) is 0 Å². The maximum atomic E-state index is 13.8. The second kappa shape index (κ2) is 5.79. The maximum absolute atomic E-state index is 13.8. The average Bonchev–Trinajstić information content (AvgIpc) is 2.57. The fraction of sp³-hybridized carbons (Fsp3) is 0.962. The molecule has 7 aliphatic rings. The first-order valence-electron chi connectivity index (χ1n) is 12.2. The van der Waals surface area contributed by atoms with E-state index in [9.17, 15) is 4.79 Å². The van der Waals surface area contributed by atoms with Crippen molar-refractivity contribution in [2.75, 3.05) is 0 Å². The Bertz CT molecular complexity index is 650. The lowest BCUT2D eigenvalue weighted by atomic mass is 9.33. The van der Waals surface area contributed by atoms with Gasteiger partial charge in [0, 0.05) is 5.92 Å². The zero-order valence-corrected chi connectivity index (χ0v) is 19.3. The summed E-state index contributed by atoms with van der Waals surface area (Å²) >= 11 is 0. The van der Waals surface area contributed by atoms with Crippen molar-refractivity contribution < 1.29 is 9.53 Å². The van der Waals surface area contributed by atoms with Crippen LogP contribution in [0.25, 0.3) is 0 Å². The molecule has 7 rings (SSSR count). The minimum absolute atomic E-state index is 0.0892. The number of esters is 1. The van der Waals surface area contributed by atoms with E-state index in [1.807, 2.05) is 0 Å². The molecule has 0 spiro atoms. The highest BCUT2D eigenvalue weighted by atomic mass is 16.6. The normalized spacial score (nSPS) is 50.3. The van der Waals surface area contributed by atoms with Crippen LogP contribution < -0.4 is 0 Å². The number of hydrogen-bond donors (Lipinski definition) is 0. The molecule has 0 amide bonds. The quantitative estimate of drug-likeness (QED) is 0.527. The van der Waals surface area contributed by atoms with E-state index in [2.05, 4.69) is 48.5 Å². The second-order valence-corrected chi connectivity index (χ2v) is 13.3. The van der Waals surface area contributed by atoms with Crippen LogP contribution in [0.1, 0.15) is 87.0 Å². The fourth-order valence-corrected chi connectivity index (χ4v) is 9.26. The van der Waals surface area contributed by atoms with Crippen LogP contribution in [0.5, 0.6) is 0 Å². The third-order valence-electron chi connectivity index (χ3n) is 10.8. The molecule has 0 saturated heterocycles. The summed E-state index contributed by atoms with van der Waals surface area (Å²) in [6, 6.07) is 0. The maximum Gasteiger partial charge on any atom is 0.312 e. The zero-order valence-electron chi connectivity index (χ0n) is 19.3. The summed E-state index contributed by atoms with van der Waals surface area (Å²) in [5.74, 6) is 7.46. The van der Waals surface area contributed by atoms with E-state index in [1.165, 1.54) is 32.1 Å². The summed E-state index contributed by atoms with van der Waals surface area (Å²) in [7, 11) is 0. The van der Waals surface area contributed by atoms with E-state index in [0.29, 0.717) is 17.8 Å². The molecule has 2 heteroatoms. The summed E-state index contributed by atoms with van der Waals surface area (Å²) in [5.41, 5.74) is -0.722. The Kier molecular flexibility index (Phi) is 4.02. The minimum atomic E-state index is -0.421. The van der Waals surface area contributed by atoms with E-state index in [-0.39, 0.29) is 17.0 Å². The van der Waals surface area contributed by atoms with Gasteiger partial charge in [-0.3, -0.25) is 4.79 Å². The molecule has 0 aromatic rings. The summed E-state index contributed by atoms with van der Waals surface area (Å²) in [6.07, 6.45) is 7.95. The van der Waals surface area contributed by atoms with E-state index in [1.54, 1.807) is 0 Å². The van der Waals surface area contributed by atoms with E-state index >= 15 is 0 Å². The number of carbonyl (C=O) groups excluding carboxylic acids is 1. The molecular formula is C26H42O2. The number of ether oxygens (including phenoxy) is 1. The Hall–Kier alpha value is -0.530. The highest BCUT2D eigenvalue weighted by Crippen LogP contribution is 2.74. The highest BCUT2D eigenvalue weighted by Gasteiger charge is 2.71. The molecule has 0 aliphatic heterocycles. The molecule has 7 saturated carbocycles. The molecule has 0 heterocycles. The first kappa shape index (κ1) is 19.4. The molecule has 0 radical (unpaired) electrons. The van der Waals surface area contributed by atoms with Gasteiger partial charge in [-0.25, -0.2) is 0 Å². The molecule has 2 nitrogen and oxygen atoms in total. The molecule has 6 unspecified atom stereocenters. The third kappa shape index (κ3) is 2.36. The molecule has 7 aliphatic carbocycles. The Morgan fingerprint density at radius 2 is 1.43 bits per heavy atom. The van der Waals surface area contributed by atoms with Gasteiger partial charge in [0.25, 0.3) is 0 Å². The second-order valence-electron chi connectivity index (χ2n) is 13.3. The van der Waals surface area contributed by atoms with Crippen molar-refractivity contribution in [2.24, 2.45) is 64.1 Å². The van der Waals surface area contributed by atoms with Gasteiger partial charge in [-0.15, -0.1) is 0 Å². The van der Waals surface area contributed by atoms with Crippen molar-refractivity contribution in [1.29, 1.82) is 0 Å². The number of hydrogen-bond acceptors (Lipinski definition) is 2. The van der Waals surface area contributed by atoms with Crippen molar-refractivity contribution >= 4 is 5.97 Å². The Labute approximate surface area is 172 Å². The Balaban J connectivity index is 1.46. The standard InChI is InChI=1S/C26H42O2/c1-14(2)13-25(6,24(3,4)5)23(27)28-26(7)16-11-18-17-8-15-9-20(18)22(26)21(10-15)19(17)12-16/h14-22H,8-13H2,1-7H3. The largest absolute Gasteiger partial charge is 0.458 e. The molecule has 0 aromatic carbocycles. The minimum Gasteiger partial charge on any atom is -0.458 e. The number of rotatable bonds is 4. The Morgan fingerprint density at radius 3 is 1.93 bits per heavy atom. The van der Waals surface area contributed by atoms with Crippen LogP contribution in [0.15, 0.2) is 0 Å². The SMILES string of the molecule is CC(C)CC(C)(C(=O)OC1(C)C2CC3C4CC5CC3C1C(C5)C4C2)C(C)(C)C. The van der Waals surface area contributed by atoms with Crippen LogP contribution in [0.4, 0.5) is 0 Å². The van der Waals surface area contributed by atoms with Crippen molar-refractivity contribution in [1.82, 2.24) is 0 Å². The van der Waals surface area contributed by atoms with Crippen molar-refractivity contribution in [2.45, 2.75) is 92.6 Å². The van der Waals surface area contributed by atoms with Gasteiger partial charge in [-0.2, -0.15) is 0 Å². The third-order valence-corrected chi connectivity index (χ3v) is 10.8. The predicted molar refractivity (Wildman–Crippen MR) is 113 cm³/mol. The molecule has 0 N–H and O–H groups in total. The fourth-order valence-electron chi connectivity index (χ4n) is 9.26. The molecule has 0 aromatic heterocycles. The lowest BCUT2D eigenvalue weighted by Gasteiger charge is -2.74. The van der Waals surface area contributed by atoms with Crippen LogP contribution >= 0.6 is 0 Å². The van der Waals surface area contributed by atoms with Crippen molar-refractivity contribution in [3.05, 3.63) is 0 Å². The summed E-state index contributed by atoms with van der Waals surface area (Å²) in [6.45, 7) is 15.7. The van der Waals surface area contributed by atoms with Crippen LogP contribution in [-0.4, -0.2) is 11.6 Å². The topological polar surface area (TPSA) is 26.3 Å². The zero-order chi connectivity index (χ0) is 20.2. The van der Waals surface area contributed by atoms with Crippen LogP contribution in [-0.2, 0) is 9.53 Å². The number of carbonyl (C=O) groups is 1. The van der Waals surface area contributed by atoms with Crippen LogP contribution in [0, 0.1) is 64.1 Å². The molecule has 28 heavy (non-hydrogen) atoms. The van der Waals surface area contributed by atoms with Gasteiger partial charge >= 0.3 is 5.97 Å². The van der Waals surface area contributed by atoms with E-state index < -0.39 is 5.41 Å². The molecule has 158 valence electrons. The molecule has 7 fully saturated rings. The predicted octanol–water partition coefficient (Wildman–Crippen LogP) is 6.33. The first-order valence-corrected chi connectivity index (χ1v) is 12.2. The van der Waals surface area contributed by atoms with Crippen LogP contribution in [0.3, 0.4) is 0 Å².